The number of aliphatic hydroxyl groups is 1. The molecular weight excluding hydrogens is 348 g/mol. The molecule has 26 heavy (non-hydrogen) atoms. The molecule has 0 bridgehead atoms. The molecule has 0 aliphatic carbocycles. The lowest BCUT2D eigenvalue weighted by Gasteiger charge is -2.29. The van der Waals surface area contributed by atoms with Gasteiger partial charge in [0.05, 0.1) is 11.4 Å². The number of rotatable bonds is 5. The van der Waals surface area contributed by atoms with Crippen LogP contribution in [0.3, 0.4) is 0 Å². The van der Waals surface area contributed by atoms with Crippen LogP contribution in [-0.4, -0.2) is 35.8 Å². The second kappa shape index (κ2) is 7.27. The van der Waals surface area contributed by atoms with Gasteiger partial charge in [0.15, 0.2) is 6.61 Å². The van der Waals surface area contributed by atoms with Crippen LogP contribution in [0.15, 0.2) is 53.9 Å². The number of aromatic nitrogens is 1. The first-order valence-corrected chi connectivity index (χ1v) is 9.33. The number of fused-ring (bicyclic) bond motifs is 1. The number of carbonyl (C=O) groups is 1. The summed E-state index contributed by atoms with van der Waals surface area (Å²) in [5.74, 6) is 0.594. The first-order valence-electron chi connectivity index (χ1n) is 8.45. The van der Waals surface area contributed by atoms with Gasteiger partial charge >= 0.3 is 0 Å². The maximum atomic E-state index is 12.2. The van der Waals surface area contributed by atoms with Crippen LogP contribution in [0.2, 0.25) is 0 Å². The van der Waals surface area contributed by atoms with Gasteiger partial charge in [0.2, 0.25) is 0 Å². The molecule has 6 heteroatoms. The van der Waals surface area contributed by atoms with Crippen molar-refractivity contribution in [3.05, 3.63) is 53.9 Å². The van der Waals surface area contributed by atoms with E-state index >= 15 is 0 Å². The largest absolute Gasteiger partial charge is 0.482 e. The summed E-state index contributed by atoms with van der Waals surface area (Å²) in [6.45, 7) is 0.556. The number of amides is 1. The van der Waals surface area contributed by atoms with Crippen LogP contribution >= 0.6 is 11.3 Å². The molecule has 1 aliphatic rings. The molecule has 0 saturated heterocycles. The fraction of sp³-hybridized carbons (Fsp3) is 0.200. The number of thiazole rings is 1. The van der Waals surface area contributed by atoms with Gasteiger partial charge < -0.3 is 14.7 Å². The van der Waals surface area contributed by atoms with Crippen molar-refractivity contribution in [1.82, 2.24) is 4.98 Å². The molecule has 3 aromatic rings. The van der Waals surface area contributed by atoms with E-state index in [1.54, 1.807) is 16.2 Å². The topological polar surface area (TPSA) is 62.7 Å². The lowest BCUT2D eigenvalue weighted by atomic mass is 10.1. The van der Waals surface area contributed by atoms with Crippen LogP contribution in [-0.2, 0) is 4.79 Å². The lowest BCUT2D eigenvalue weighted by molar-refractivity contribution is -0.121. The predicted molar refractivity (Wildman–Crippen MR) is 103 cm³/mol. The second-order valence-corrected chi connectivity index (χ2v) is 6.86. The van der Waals surface area contributed by atoms with Gasteiger partial charge in [-0.05, 0) is 24.6 Å². The molecule has 0 unspecified atom stereocenters. The summed E-state index contributed by atoms with van der Waals surface area (Å²) in [6.07, 6.45) is 0.532. The van der Waals surface area contributed by atoms with Gasteiger partial charge in [-0.3, -0.25) is 4.79 Å². The minimum atomic E-state index is -0.0913. The fourth-order valence-corrected chi connectivity index (χ4v) is 3.79. The van der Waals surface area contributed by atoms with Gasteiger partial charge in [-0.1, -0.05) is 30.3 Å². The zero-order valence-electron chi connectivity index (χ0n) is 14.1. The summed E-state index contributed by atoms with van der Waals surface area (Å²) in [7, 11) is 0. The Kier molecular flexibility index (Phi) is 4.69. The molecule has 1 N–H and O–H groups in total. The highest BCUT2D eigenvalue weighted by Gasteiger charge is 2.25. The molecule has 4 rings (SSSR count). The molecule has 1 amide bonds. The van der Waals surface area contributed by atoms with Crippen LogP contribution in [0.4, 0.5) is 5.69 Å². The van der Waals surface area contributed by atoms with Gasteiger partial charge in [0.1, 0.15) is 10.8 Å². The van der Waals surface area contributed by atoms with Gasteiger partial charge in [0.25, 0.3) is 5.91 Å². The van der Waals surface area contributed by atoms with Gasteiger partial charge in [0, 0.05) is 29.7 Å². The third-order valence-electron chi connectivity index (χ3n) is 4.26. The molecule has 0 fully saturated rings. The van der Waals surface area contributed by atoms with Crippen molar-refractivity contribution in [2.45, 2.75) is 6.42 Å². The Balaban J connectivity index is 1.68. The van der Waals surface area contributed by atoms with E-state index < -0.39 is 0 Å². The van der Waals surface area contributed by atoms with Crippen molar-refractivity contribution in [3.63, 3.8) is 0 Å². The van der Waals surface area contributed by atoms with Crippen molar-refractivity contribution in [3.8, 4) is 27.6 Å². The maximum Gasteiger partial charge on any atom is 0.265 e. The zero-order chi connectivity index (χ0) is 17.9. The smallest absolute Gasteiger partial charge is 0.265 e. The summed E-state index contributed by atoms with van der Waals surface area (Å²) < 4.78 is 5.54. The molecule has 0 saturated carbocycles. The number of nitrogens with zero attached hydrogens (tertiary/aromatic N) is 2. The van der Waals surface area contributed by atoms with Crippen LogP contribution < -0.4 is 9.64 Å². The molecular formula is C20H18N2O3S. The molecule has 1 aromatic heterocycles. The first-order chi connectivity index (χ1) is 12.8. The molecule has 2 heterocycles. The Hall–Kier alpha value is -2.70. The van der Waals surface area contributed by atoms with Gasteiger partial charge in [-0.15, -0.1) is 11.3 Å². The number of hydrogen-bond donors (Lipinski definition) is 1. The molecule has 132 valence electrons. The Morgan fingerprint density at radius 2 is 2.00 bits per heavy atom. The summed E-state index contributed by atoms with van der Waals surface area (Å²) in [5.41, 5.74) is 3.64. The fourth-order valence-electron chi connectivity index (χ4n) is 2.96. The predicted octanol–water partition coefficient (Wildman–Crippen LogP) is 3.58. The van der Waals surface area contributed by atoms with E-state index in [1.807, 2.05) is 53.9 Å². The second-order valence-electron chi connectivity index (χ2n) is 6.00. The molecule has 1 aliphatic heterocycles. The maximum absolute atomic E-state index is 12.2. The molecule has 0 spiro atoms. The van der Waals surface area contributed by atoms with E-state index in [9.17, 15) is 4.79 Å². The third kappa shape index (κ3) is 3.21. The van der Waals surface area contributed by atoms with E-state index in [1.165, 1.54) is 0 Å². The van der Waals surface area contributed by atoms with Crippen LogP contribution in [0, 0.1) is 0 Å². The minimum Gasteiger partial charge on any atom is -0.482 e. The molecule has 2 aromatic carbocycles. The Morgan fingerprint density at radius 3 is 2.81 bits per heavy atom. The highest BCUT2D eigenvalue weighted by atomic mass is 32.1. The highest BCUT2D eigenvalue weighted by Crippen LogP contribution is 2.37. The summed E-state index contributed by atoms with van der Waals surface area (Å²) in [5, 5.41) is 12.1. The SMILES string of the molecule is O=C1COc2ccc(-c3csc(-c4ccccc4)n3)cc2N1CCCO. The first kappa shape index (κ1) is 16.8. The lowest BCUT2D eigenvalue weighted by Crippen LogP contribution is -2.39. The average Bonchev–Trinajstić information content (AvgIpc) is 3.18. The summed E-state index contributed by atoms with van der Waals surface area (Å²) >= 11 is 1.59. The Morgan fingerprint density at radius 1 is 1.15 bits per heavy atom. The number of carbonyl (C=O) groups excluding carboxylic acids is 1. The number of anilines is 1. The van der Waals surface area contributed by atoms with Crippen molar-refractivity contribution < 1.29 is 14.6 Å². The van der Waals surface area contributed by atoms with Gasteiger partial charge in [-0.2, -0.15) is 0 Å². The van der Waals surface area contributed by atoms with E-state index in [-0.39, 0.29) is 19.1 Å². The van der Waals surface area contributed by atoms with Crippen LogP contribution in [0.1, 0.15) is 6.42 Å². The van der Waals surface area contributed by atoms with E-state index in [4.69, 9.17) is 14.8 Å². The van der Waals surface area contributed by atoms with Crippen molar-refractivity contribution in [2.24, 2.45) is 0 Å². The zero-order valence-corrected chi connectivity index (χ0v) is 14.9. The number of aliphatic hydroxyl groups excluding tert-OH is 1. The number of benzene rings is 2. The average molecular weight is 366 g/mol. The quantitative estimate of drug-likeness (QED) is 0.750. The van der Waals surface area contributed by atoms with Gasteiger partial charge in [-0.25, -0.2) is 4.98 Å². The third-order valence-corrected chi connectivity index (χ3v) is 5.15. The van der Waals surface area contributed by atoms with Crippen molar-refractivity contribution in [1.29, 1.82) is 0 Å². The monoisotopic (exact) mass is 366 g/mol. The van der Waals surface area contributed by atoms with Crippen LogP contribution in [0.5, 0.6) is 5.75 Å². The molecule has 5 nitrogen and oxygen atoms in total. The van der Waals surface area contributed by atoms with Crippen molar-refractivity contribution in [2.75, 3.05) is 24.7 Å². The number of hydrogen-bond acceptors (Lipinski definition) is 5. The summed E-state index contributed by atoms with van der Waals surface area (Å²) in [6, 6.07) is 15.8. The minimum absolute atomic E-state index is 0.0344. The van der Waals surface area contributed by atoms with Crippen molar-refractivity contribution >= 4 is 22.9 Å². The Labute approximate surface area is 155 Å². The normalized spacial score (nSPS) is 13.4. The number of ether oxygens (including phenoxy) is 1. The standard InChI is InChI=1S/C20H18N2O3S/c23-10-4-9-22-17-11-15(7-8-18(17)25-12-19(22)24)16-13-26-20(21-16)14-5-2-1-3-6-14/h1-3,5-8,11,13,23H,4,9-10,12H2. The molecule has 0 atom stereocenters. The van der Waals surface area contributed by atoms with E-state index in [0.29, 0.717) is 18.7 Å². The van der Waals surface area contributed by atoms with E-state index in [0.717, 1.165) is 27.5 Å². The molecule has 0 radical (unpaired) electrons. The highest BCUT2D eigenvalue weighted by molar-refractivity contribution is 7.13. The summed E-state index contributed by atoms with van der Waals surface area (Å²) in [4.78, 5) is 18.6. The van der Waals surface area contributed by atoms with E-state index in [2.05, 4.69) is 0 Å². The van der Waals surface area contributed by atoms with Crippen LogP contribution in [0.25, 0.3) is 21.8 Å². The Bertz CT molecular complexity index is 924.